The molecule has 9 heteroatoms. The van der Waals surface area contributed by atoms with Crippen molar-refractivity contribution in [1.82, 2.24) is 15.5 Å². The third-order valence-corrected chi connectivity index (χ3v) is 4.77. The van der Waals surface area contributed by atoms with Gasteiger partial charge in [0, 0.05) is 17.8 Å². The van der Waals surface area contributed by atoms with Crippen molar-refractivity contribution in [2.75, 3.05) is 0 Å². The summed E-state index contributed by atoms with van der Waals surface area (Å²) >= 11 is 0. The molecule has 0 saturated carbocycles. The highest BCUT2D eigenvalue weighted by atomic mass is 19.4. The number of hydrogen-bond acceptors (Lipinski definition) is 3. The number of hydrogen-bond donors (Lipinski definition) is 2. The third kappa shape index (κ3) is 3.78. The number of carbonyl (C=O) groups excluding carboxylic acids is 1. The average Bonchev–Trinajstić information content (AvgIpc) is 3.12. The maximum absolute atomic E-state index is 13.6. The number of pyridine rings is 1. The number of halogens is 4. The van der Waals surface area contributed by atoms with E-state index in [0.29, 0.717) is 17.0 Å². The van der Waals surface area contributed by atoms with Gasteiger partial charge < -0.3 is 15.5 Å². The van der Waals surface area contributed by atoms with E-state index in [2.05, 4.69) is 15.6 Å². The summed E-state index contributed by atoms with van der Waals surface area (Å²) in [7, 11) is 0. The molecule has 0 bridgehead atoms. The summed E-state index contributed by atoms with van der Waals surface area (Å²) in [6, 6.07) is 6.16. The molecule has 3 N–H and O–H groups in total. The number of amides is 1. The molecule has 0 spiro atoms. The van der Waals surface area contributed by atoms with Crippen molar-refractivity contribution >= 4 is 11.6 Å². The van der Waals surface area contributed by atoms with Gasteiger partial charge in [-0.25, -0.2) is 9.37 Å². The lowest BCUT2D eigenvalue weighted by atomic mass is 10.1. The van der Waals surface area contributed by atoms with Crippen LogP contribution in [0.5, 0.6) is 0 Å². The summed E-state index contributed by atoms with van der Waals surface area (Å²) in [5.41, 5.74) is 1.61. The summed E-state index contributed by atoms with van der Waals surface area (Å²) in [6.45, 7) is 0. The van der Waals surface area contributed by atoms with E-state index < -0.39 is 30.1 Å². The number of nitrogens with zero attached hydrogens (tertiary/aromatic N) is 1. The first kappa shape index (κ1) is 19.7. The fourth-order valence-corrected chi connectivity index (χ4v) is 3.38. The standard InChI is InChI=1S/C21H16F4N4O/c22-15-8-6-13(7-9-15)17-16-5-1-2-11-29(16)19(27-17)20(30)28-18(21(23,24)25)14-4-3-10-26-12-14/h1-12,18-19,27H,(H,28,30)/p+1. The second-order valence-corrected chi connectivity index (χ2v) is 6.74. The van der Waals surface area contributed by atoms with Crippen molar-refractivity contribution in [3.8, 4) is 0 Å². The van der Waals surface area contributed by atoms with E-state index >= 15 is 0 Å². The Balaban J connectivity index is 1.61. The van der Waals surface area contributed by atoms with Crippen LogP contribution >= 0.6 is 0 Å². The highest BCUT2D eigenvalue weighted by molar-refractivity contribution is 5.88. The van der Waals surface area contributed by atoms with E-state index in [9.17, 15) is 22.4 Å². The molecule has 2 aromatic rings. The lowest BCUT2D eigenvalue weighted by Crippen LogP contribution is -2.51. The molecule has 2 atom stereocenters. The van der Waals surface area contributed by atoms with Gasteiger partial charge in [-0.2, -0.15) is 13.2 Å². The van der Waals surface area contributed by atoms with Crippen molar-refractivity contribution < 1.29 is 27.3 Å². The Morgan fingerprint density at radius 1 is 1.17 bits per heavy atom. The number of H-pyrrole nitrogens is 1. The number of fused-ring (bicyclic) bond motifs is 1. The molecule has 4 rings (SSSR count). The highest BCUT2D eigenvalue weighted by Gasteiger charge is 2.45. The summed E-state index contributed by atoms with van der Waals surface area (Å²) in [6.07, 6.45) is 3.64. The van der Waals surface area contributed by atoms with Crippen molar-refractivity contribution in [2.24, 2.45) is 0 Å². The number of nitrogens with one attached hydrogen (secondary N) is 3. The van der Waals surface area contributed by atoms with Crippen LogP contribution in [0, 0.1) is 5.82 Å². The van der Waals surface area contributed by atoms with E-state index in [1.165, 1.54) is 48.8 Å². The molecule has 2 unspecified atom stereocenters. The molecule has 1 amide bonds. The van der Waals surface area contributed by atoms with Crippen LogP contribution in [0.4, 0.5) is 17.6 Å². The van der Waals surface area contributed by atoms with Crippen LogP contribution in [-0.2, 0) is 4.79 Å². The van der Waals surface area contributed by atoms with Crippen molar-refractivity contribution in [3.05, 3.63) is 95.9 Å². The first-order chi connectivity index (χ1) is 14.3. The minimum absolute atomic E-state index is 0.114. The molecule has 3 heterocycles. The highest BCUT2D eigenvalue weighted by Crippen LogP contribution is 2.34. The summed E-state index contributed by atoms with van der Waals surface area (Å²) in [5.74, 6) is -1.27. The molecule has 2 aliphatic heterocycles. The average molecular weight is 417 g/mol. The van der Waals surface area contributed by atoms with Gasteiger partial charge in [-0.1, -0.05) is 6.08 Å². The Hall–Kier alpha value is -3.62. The number of benzene rings is 1. The van der Waals surface area contributed by atoms with E-state index in [1.54, 1.807) is 29.3 Å². The van der Waals surface area contributed by atoms with Gasteiger partial charge in [-0.05, 0) is 48.0 Å². The van der Waals surface area contributed by atoms with Gasteiger partial charge in [0.15, 0.2) is 24.6 Å². The number of carbonyl (C=O) groups is 1. The predicted molar refractivity (Wildman–Crippen MR) is 100 cm³/mol. The number of aromatic amines is 1. The minimum atomic E-state index is -4.68. The molecular weight excluding hydrogens is 400 g/mol. The Labute approximate surface area is 169 Å². The zero-order valence-corrected chi connectivity index (χ0v) is 15.5. The van der Waals surface area contributed by atoms with Gasteiger partial charge in [0.05, 0.1) is 11.4 Å². The van der Waals surface area contributed by atoms with Gasteiger partial charge in [0.25, 0.3) is 5.91 Å². The maximum Gasteiger partial charge on any atom is 0.413 e. The monoisotopic (exact) mass is 417 g/mol. The molecule has 1 aromatic carbocycles. The van der Waals surface area contributed by atoms with E-state index in [1.807, 2.05) is 0 Å². The number of allylic oxidation sites excluding steroid dienone is 3. The zero-order valence-electron chi connectivity index (χ0n) is 15.5. The largest absolute Gasteiger partial charge is 0.413 e. The van der Waals surface area contributed by atoms with Crippen LogP contribution in [0.15, 0.2) is 78.9 Å². The number of alkyl halides is 3. The fraction of sp³-hybridized carbons (Fsp3) is 0.143. The Morgan fingerprint density at radius 2 is 1.93 bits per heavy atom. The maximum atomic E-state index is 13.6. The van der Waals surface area contributed by atoms with E-state index in [-0.39, 0.29) is 5.56 Å². The van der Waals surface area contributed by atoms with E-state index in [4.69, 9.17) is 0 Å². The molecule has 30 heavy (non-hydrogen) atoms. The van der Waals surface area contributed by atoms with Crippen molar-refractivity contribution in [3.63, 3.8) is 0 Å². The molecule has 1 aromatic heterocycles. The minimum Gasteiger partial charge on any atom is -0.355 e. The van der Waals surface area contributed by atoms with Crippen LogP contribution in [-0.4, -0.2) is 23.1 Å². The second-order valence-electron chi connectivity index (χ2n) is 6.74. The fourth-order valence-electron chi connectivity index (χ4n) is 3.38. The molecule has 0 aliphatic carbocycles. The number of aromatic nitrogens is 1. The summed E-state index contributed by atoms with van der Waals surface area (Å²) in [4.78, 5) is 17.0. The quantitative estimate of drug-likeness (QED) is 0.752. The predicted octanol–water partition coefficient (Wildman–Crippen LogP) is 3.04. The van der Waals surface area contributed by atoms with Gasteiger partial charge in [0.1, 0.15) is 5.82 Å². The molecular formula is C21H17F4N4O+. The topological polar surface area (TPSA) is 58.5 Å². The third-order valence-electron chi connectivity index (χ3n) is 4.77. The van der Waals surface area contributed by atoms with Crippen molar-refractivity contribution in [1.29, 1.82) is 0 Å². The lowest BCUT2D eigenvalue weighted by molar-refractivity contribution is -0.379. The Morgan fingerprint density at radius 3 is 2.60 bits per heavy atom. The first-order valence-corrected chi connectivity index (χ1v) is 9.07. The van der Waals surface area contributed by atoms with Gasteiger partial charge >= 0.3 is 6.18 Å². The van der Waals surface area contributed by atoms with Gasteiger partial charge in [0.2, 0.25) is 0 Å². The smallest absolute Gasteiger partial charge is 0.355 e. The van der Waals surface area contributed by atoms with E-state index in [0.717, 1.165) is 0 Å². The Kier molecular flexibility index (Phi) is 5.03. The van der Waals surface area contributed by atoms with Gasteiger partial charge in [-0.15, -0.1) is 0 Å². The molecule has 5 nitrogen and oxygen atoms in total. The molecule has 0 radical (unpaired) electrons. The second kappa shape index (κ2) is 7.66. The summed E-state index contributed by atoms with van der Waals surface area (Å²) < 4.78 is 54.2. The van der Waals surface area contributed by atoms with Crippen LogP contribution < -0.4 is 15.6 Å². The summed E-state index contributed by atoms with van der Waals surface area (Å²) in [5, 5.41) is 5.07. The Bertz CT molecular complexity index is 1030. The molecule has 0 saturated heterocycles. The first-order valence-electron chi connectivity index (χ1n) is 9.07. The molecule has 154 valence electrons. The number of rotatable bonds is 4. The van der Waals surface area contributed by atoms with Crippen molar-refractivity contribution in [2.45, 2.75) is 18.4 Å². The van der Waals surface area contributed by atoms with Crippen LogP contribution in [0.3, 0.4) is 0 Å². The van der Waals surface area contributed by atoms with Crippen LogP contribution in [0.1, 0.15) is 17.2 Å². The van der Waals surface area contributed by atoms with Gasteiger partial charge in [-0.3, -0.25) is 4.79 Å². The zero-order chi connectivity index (χ0) is 21.3. The molecule has 2 aliphatic rings. The normalized spacial score (nSPS) is 18.8. The SMILES string of the molecule is O=C(NC(c1ccc[nH+]c1)C(F)(F)F)C1NC(c2ccc(F)cc2)=C2C=CC=CN21. The van der Waals surface area contributed by atoms with Crippen LogP contribution in [0.2, 0.25) is 0 Å². The molecule has 0 fully saturated rings. The lowest BCUT2D eigenvalue weighted by Gasteiger charge is -2.28. The van der Waals surface area contributed by atoms with Crippen LogP contribution in [0.25, 0.3) is 5.70 Å².